The molecule has 0 spiro atoms. The Balaban J connectivity index is 1.18. The highest BCUT2D eigenvalue weighted by Crippen LogP contribution is 2.26. The molecule has 10 heteroatoms. The van der Waals surface area contributed by atoms with Gasteiger partial charge >= 0.3 is 0 Å². The highest BCUT2D eigenvalue weighted by molar-refractivity contribution is 5.86. The van der Waals surface area contributed by atoms with Gasteiger partial charge in [0.25, 0.3) is 0 Å². The van der Waals surface area contributed by atoms with Gasteiger partial charge in [-0.05, 0) is 42.0 Å². The number of amides is 1. The van der Waals surface area contributed by atoms with Crippen LogP contribution in [0.25, 0.3) is 11.0 Å². The minimum absolute atomic E-state index is 0.122. The fourth-order valence-electron chi connectivity index (χ4n) is 4.42. The van der Waals surface area contributed by atoms with Crippen LogP contribution in [0, 0.1) is 5.82 Å². The molecule has 186 valence electrons. The van der Waals surface area contributed by atoms with Gasteiger partial charge in [0.2, 0.25) is 5.91 Å². The average Bonchev–Trinajstić information content (AvgIpc) is 3.33. The minimum atomic E-state index is -0.315. The smallest absolute Gasteiger partial charge is 0.224 e. The summed E-state index contributed by atoms with van der Waals surface area (Å²) in [6.45, 7) is 4.33. The molecular formula is C26H28FN7O2. The summed E-state index contributed by atoms with van der Waals surface area (Å²) in [5.41, 5.74) is 2.69. The van der Waals surface area contributed by atoms with E-state index < -0.39 is 0 Å². The highest BCUT2D eigenvalue weighted by Gasteiger charge is 2.21. The van der Waals surface area contributed by atoms with E-state index in [2.05, 4.69) is 42.3 Å². The maximum atomic E-state index is 13.0. The summed E-state index contributed by atoms with van der Waals surface area (Å²) in [5, 5.41) is 8.28. The lowest BCUT2D eigenvalue weighted by atomic mass is 10.1. The van der Waals surface area contributed by atoms with Crippen LogP contribution in [0.3, 0.4) is 0 Å². The van der Waals surface area contributed by atoms with Crippen molar-refractivity contribution in [2.45, 2.75) is 13.0 Å². The average molecular weight is 490 g/mol. The molecule has 1 N–H and O–H groups in total. The fourth-order valence-corrected chi connectivity index (χ4v) is 4.42. The SMILES string of the molecule is COc1ccc(N2CCN(c3ncnc4c3cnn4CCNC(=O)Cc3ccc(F)cc3)CC2)cc1. The van der Waals surface area contributed by atoms with Crippen molar-refractivity contribution in [3.05, 3.63) is 72.4 Å². The molecular weight excluding hydrogens is 461 g/mol. The van der Waals surface area contributed by atoms with E-state index in [1.807, 2.05) is 12.1 Å². The number of aromatic nitrogens is 4. The molecule has 5 rings (SSSR count). The second kappa shape index (κ2) is 10.6. The Morgan fingerprint density at radius 1 is 1.00 bits per heavy atom. The van der Waals surface area contributed by atoms with Gasteiger partial charge in [-0.15, -0.1) is 0 Å². The van der Waals surface area contributed by atoms with Crippen LogP contribution in [0.5, 0.6) is 5.75 Å². The predicted molar refractivity (Wildman–Crippen MR) is 136 cm³/mol. The molecule has 0 unspecified atom stereocenters. The first-order chi connectivity index (χ1) is 17.6. The van der Waals surface area contributed by atoms with E-state index in [0.29, 0.717) is 13.1 Å². The van der Waals surface area contributed by atoms with Crippen molar-refractivity contribution in [1.82, 2.24) is 25.1 Å². The number of benzene rings is 2. The van der Waals surface area contributed by atoms with Crippen molar-refractivity contribution in [3.63, 3.8) is 0 Å². The van der Waals surface area contributed by atoms with Crippen LogP contribution in [0.4, 0.5) is 15.9 Å². The molecule has 0 bridgehead atoms. The van der Waals surface area contributed by atoms with Crippen LogP contribution in [0.2, 0.25) is 0 Å². The molecule has 1 amide bonds. The number of nitrogens with zero attached hydrogens (tertiary/aromatic N) is 6. The van der Waals surface area contributed by atoms with E-state index in [4.69, 9.17) is 4.74 Å². The van der Waals surface area contributed by atoms with Crippen LogP contribution in [-0.4, -0.2) is 65.5 Å². The topological polar surface area (TPSA) is 88.4 Å². The minimum Gasteiger partial charge on any atom is -0.497 e. The molecule has 1 aliphatic heterocycles. The molecule has 1 saturated heterocycles. The largest absolute Gasteiger partial charge is 0.497 e. The van der Waals surface area contributed by atoms with Gasteiger partial charge in [-0.25, -0.2) is 19.0 Å². The van der Waals surface area contributed by atoms with Crippen LogP contribution < -0.4 is 19.9 Å². The lowest BCUT2D eigenvalue weighted by Gasteiger charge is -2.36. The summed E-state index contributed by atoms with van der Waals surface area (Å²) < 4.78 is 20.1. The lowest BCUT2D eigenvalue weighted by Crippen LogP contribution is -2.46. The van der Waals surface area contributed by atoms with E-state index in [1.54, 1.807) is 36.4 Å². The van der Waals surface area contributed by atoms with Gasteiger partial charge in [0.1, 0.15) is 23.7 Å². The monoisotopic (exact) mass is 489 g/mol. The molecule has 2 aromatic heterocycles. The molecule has 1 fully saturated rings. The molecule has 4 aromatic rings. The molecule has 0 saturated carbocycles. The van der Waals surface area contributed by atoms with E-state index in [1.165, 1.54) is 17.8 Å². The van der Waals surface area contributed by atoms with Crippen LogP contribution in [0.15, 0.2) is 61.1 Å². The van der Waals surface area contributed by atoms with Gasteiger partial charge in [0.15, 0.2) is 5.65 Å². The Hall–Kier alpha value is -4.21. The number of halogens is 1. The number of carbonyl (C=O) groups is 1. The van der Waals surface area contributed by atoms with Crippen LogP contribution in [-0.2, 0) is 17.8 Å². The Bertz CT molecular complexity index is 1320. The number of nitrogens with one attached hydrogen (secondary N) is 1. The van der Waals surface area contributed by atoms with Gasteiger partial charge in [0.05, 0.1) is 31.7 Å². The molecule has 36 heavy (non-hydrogen) atoms. The van der Waals surface area contributed by atoms with E-state index >= 15 is 0 Å². The standard InChI is InChI=1S/C26H28FN7O2/c1-36-22-8-6-21(7-9-22)32-12-14-33(15-13-32)25-23-17-31-34(26(23)30-18-29-25)11-10-28-24(35)16-19-2-4-20(27)5-3-19/h2-9,17-18H,10-16H2,1H3,(H,28,35). The maximum Gasteiger partial charge on any atom is 0.224 e. The van der Waals surface area contributed by atoms with Crippen molar-refractivity contribution in [2.24, 2.45) is 0 Å². The van der Waals surface area contributed by atoms with E-state index in [9.17, 15) is 9.18 Å². The van der Waals surface area contributed by atoms with Gasteiger partial charge in [-0.3, -0.25) is 4.79 Å². The third kappa shape index (κ3) is 5.22. The predicted octanol–water partition coefficient (Wildman–Crippen LogP) is 2.66. The molecule has 2 aromatic carbocycles. The Kier molecular flexibility index (Phi) is 6.92. The summed E-state index contributed by atoms with van der Waals surface area (Å²) >= 11 is 0. The van der Waals surface area contributed by atoms with Gasteiger partial charge < -0.3 is 19.9 Å². The highest BCUT2D eigenvalue weighted by atomic mass is 19.1. The molecule has 9 nitrogen and oxygen atoms in total. The molecule has 3 heterocycles. The number of hydrogen-bond donors (Lipinski definition) is 1. The zero-order chi connectivity index (χ0) is 24.9. The quantitative estimate of drug-likeness (QED) is 0.407. The lowest BCUT2D eigenvalue weighted by molar-refractivity contribution is -0.120. The molecule has 0 radical (unpaired) electrons. The van der Waals surface area contributed by atoms with Gasteiger partial charge in [-0.2, -0.15) is 5.10 Å². The number of fused-ring (bicyclic) bond motifs is 1. The first-order valence-electron chi connectivity index (χ1n) is 11.9. The van der Waals surface area contributed by atoms with Crippen molar-refractivity contribution in [3.8, 4) is 5.75 Å². The molecule has 1 aliphatic rings. The maximum absolute atomic E-state index is 13.0. The number of rotatable bonds is 8. The Morgan fingerprint density at radius 2 is 1.72 bits per heavy atom. The summed E-state index contributed by atoms with van der Waals surface area (Å²) in [5.74, 6) is 1.29. The molecule has 0 aliphatic carbocycles. The Labute approximate surface area is 208 Å². The first-order valence-corrected chi connectivity index (χ1v) is 11.9. The van der Waals surface area contributed by atoms with Gasteiger partial charge in [0, 0.05) is 38.4 Å². The van der Waals surface area contributed by atoms with E-state index in [0.717, 1.165) is 54.3 Å². The van der Waals surface area contributed by atoms with Crippen molar-refractivity contribution in [2.75, 3.05) is 49.6 Å². The van der Waals surface area contributed by atoms with E-state index in [-0.39, 0.29) is 18.1 Å². The van der Waals surface area contributed by atoms with Gasteiger partial charge in [-0.1, -0.05) is 12.1 Å². The number of carbonyl (C=O) groups excluding carboxylic acids is 1. The number of anilines is 2. The third-order valence-corrected chi connectivity index (χ3v) is 6.35. The Morgan fingerprint density at radius 3 is 2.44 bits per heavy atom. The first kappa shape index (κ1) is 23.5. The van der Waals surface area contributed by atoms with Crippen LogP contribution >= 0.6 is 0 Å². The normalized spacial score (nSPS) is 13.7. The molecule has 0 atom stereocenters. The fraction of sp³-hybridized carbons (Fsp3) is 0.308. The van der Waals surface area contributed by atoms with Crippen molar-refractivity contribution in [1.29, 1.82) is 0 Å². The van der Waals surface area contributed by atoms with Crippen LogP contribution in [0.1, 0.15) is 5.56 Å². The summed E-state index contributed by atoms with van der Waals surface area (Å²) in [6.07, 6.45) is 3.56. The third-order valence-electron chi connectivity index (χ3n) is 6.35. The number of hydrogen-bond acceptors (Lipinski definition) is 7. The summed E-state index contributed by atoms with van der Waals surface area (Å²) in [6, 6.07) is 14.1. The second-order valence-corrected chi connectivity index (χ2v) is 8.63. The van der Waals surface area contributed by atoms with Crippen molar-refractivity contribution < 1.29 is 13.9 Å². The summed E-state index contributed by atoms with van der Waals surface area (Å²) in [4.78, 5) is 25.8. The number of piperazine rings is 1. The number of methoxy groups -OCH3 is 1. The summed E-state index contributed by atoms with van der Waals surface area (Å²) in [7, 11) is 1.67. The zero-order valence-corrected chi connectivity index (χ0v) is 20.1. The van der Waals surface area contributed by atoms with Crippen molar-refractivity contribution >= 4 is 28.4 Å². The number of ether oxygens (including phenoxy) is 1. The second-order valence-electron chi connectivity index (χ2n) is 8.63. The zero-order valence-electron chi connectivity index (χ0n) is 20.1.